The molecule has 0 saturated heterocycles. The summed E-state index contributed by atoms with van der Waals surface area (Å²) in [6, 6.07) is 7.58. The van der Waals surface area contributed by atoms with Gasteiger partial charge in [-0.2, -0.15) is 0 Å². The minimum Gasteiger partial charge on any atom is -0.481 e. The van der Waals surface area contributed by atoms with Crippen LogP contribution in [0.4, 0.5) is 0 Å². The van der Waals surface area contributed by atoms with Crippen molar-refractivity contribution >= 4 is 11.9 Å². The molecule has 102 valence electrons. The van der Waals surface area contributed by atoms with E-state index in [1.165, 1.54) is 18.4 Å². The maximum Gasteiger partial charge on any atom is 0.313 e. The number of aliphatic carboxylic acids is 2. The molecule has 2 N–H and O–H groups in total. The Morgan fingerprint density at radius 1 is 1.21 bits per heavy atom. The van der Waals surface area contributed by atoms with Crippen molar-refractivity contribution in [3.63, 3.8) is 0 Å². The van der Waals surface area contributed by atoms with Gasteiger partial charge in [-0.1, -0.05) is 24.3 Å². The van der Waals surface area contributed by atoms with Crippen molar-refractivity contribution in [2.24, 2.45) is 0 Å². The van der Waals surface area contributed by atoms with Gasteiger partial charge in [0.25, 0.3) is 0 Å². The minimum atomic E-state index is -1.14. The smallest absolute Gasteiger partial charge is 0.313 e. The van der Waals surface area contributed by atoms with E-state index in [9.17, 15) is 14.7 Å². The van der Waals surface area contributed by atoms with Crippen molar-refractivity contribution in [3.8, 4) is 0 Å². The molecule has 0 radical (unpaired) electrons. The molecule has 0 amide bonds. The van der Waals surface area contributed by atoms with Gasteiger partial charge in [0.1, 0.15) is 0 Å². The van der Waals surface area contributed by atoms with Gasteiger partial charge in [0, 0.05) is 6.42 Å². The lowest BCUT2D eigenvalue weighted by atomic mass is 9.78. The van der Waals surface area contributed by atoms with Crippen molar-refractivity contribution in [2.75, 3.05) is 0 Å². The third-order valence-electron chi connectivity index (χ3n) is 3.91. The zero-order valence-electron chi connectivity index (χ0n) is 10.9. The SMILES string of the molecule is CC(CCC(=O)O)(C(=O)O)c1ccc(C2CC2)cc1. The summed E-state index contributed by atoms with van der Waals surface area (Å²) < 4.78 is 0. The van der Waals surface area contributed by atoms with Crippen molar-refractivity contribution in [2.45, 2.75) is 43.9 Å². The fourth-order valence-electron chi connectivity index (χ4n) is 2.27. The van der Waals surface area contributed by atoms with Crippen LogP contribution in [0.1, 0.15) is 49.7 Å². The lowest BCUT2D eigenvalue weighted by molar-refractivity contribution is -0.144. The van der Waals surface area contributed by atoms with E-state index in [-0.39, 0.29) is 12.8 Å². The zero-order valence-corrected chi connectivity index (χ0v) is 10.9. The van der Waals surface area contributed by atoms with Gasteiger partial charge in [-0.3, -0.25) is 9.59 Å². The second-order valence-corrected chi connectivity index (χ2v) is 5.43. The molecule has 4 heteroatoms. The maximum atomic E-state index is 11.5. The summed E-state index contributed by atoms with van der Waals surface area (Å²) in [5, 5.41) is 18.1. The fourth-order valence-corrected chi connectivity index (χ4v) is 2.27. The van der Waals surface area contributed by atoms with Crippen LogP contribution < -0.4 is 0 Å². The molecule has 1 aromatic rings. The van der Waals surface area contributed by atoms with Crippen molar-refractivity contribution in [1.29, 1.82) is 0 Å². The van der Waals surface area contributed by atoms with E-state index in [2.05, 4.69) is 0 Å². The van der Waals surface area contributed by atoms with Crippen LogP contribution in [0.2, 0.25) is 0 Å². The van der Waals surface area contributed by atoms with Gasteiger partial charge in [0.15, 0.2) is 0 Å². The first-order valence-electron chi connectivity index (χ1n) is 6.49. The van der Waals surface area contributed by atoms with Crippen LogP contribution in [0.5, 0.6) is 0 Å². The van der Waals surface area contributed by atoms with Crippen LogP contribution >= 0.6 is 0 Å². The maximum absolute atomic E-state index is 11.5. The molecule has 0 spiro atoms. The monoisotopic (exact) mass is 262 g/mol. The minimum absolute atomic E-state index is 0.0977. The molecule has 4 nitrogen and oxygen atoms in total. The Balaban J connectivity index is 2.21. The molecule has 1 aromatic carbocycles. The molecule has 19 heavy (non-hydrogen) atoms. The first-order chi connectivity index (χ1) is 8.93. The topological polar surface area (TPSA) is 74.6 Å². The number of hydrogen-bond acceptors (Lipinski definition) is 2. The largest absolute Gasteiger partial charge is 0.481 e. The van der Waals surface area contributed by atoms with Crippen molar-refractivity contribution in [1.82, 2.24) is 0 Å². The number of carboxylic acids is 2. The molecular weight excluding hydrogens is 244 g/mol. The fraction of sp³-hybridized carbons (Fsp3) is 0.467. The standard InChI is InChI=1S/C15H18O4/c1-15(14(18)19,9-8-13(16)17)12-6-4-11(5-7-12)10-2-3-10/h4-7,10H,2-3,8-9H2,1H3,(H,16,17)(H,18,19). The van der Waals surface area contributed by atoms with E-state index in [1.807, 2.05) is 24.3 Å². The summed E-state index contributed by atoms with van der Waals surface area (Å²) in [6.07, 6.45) is 2.36. The summed E-state index contributed by atoms with van der Waals surface area (Å²) >= 11 is 0. The van der Waals surface area contributed by atoms with Crippen LogP contribution in [0, 0.1) is 0 Å². The lowest BCUT2D eigenvalue weighted by Gasteiger charge is -2.25. The predicted octanol–water partition coefficient (Wildman–Crippen LogP) is 2.77. The normalized spacial score (nSPS) is 17.7. The Bertz CT molecular complexity index is 487. The van der Waals surface area contributed by atoms with Gasteiger partial charge in [0.05, 0.1) is 5.41 Å². The molecule has 1 saturated carbocycles. The summed E-state index contributed by atoms with van der Waals surface area (Å²) in [4.78, 5) is 22.1. The summed E-state index contributed by atoms with van der Waals surface area (Å²) in [5.41, 5.74) is 0.779. The molecule has 1 atom stereocenters. The van der Waals surface area contributed by atoms with Gasteiger partial charge < -0.3 is 10.2 Å². The quantitative estimate of drug-likeness (QED) is 0.826. The number of rotatable bonds is 6. The van der Waals surface area contributed by atoms with Gasteiger partial charge in [0.2, 0.25) is 0 Å². The average molecular weight is 262 g/mol. The highest BCUT2D eigenvalue weighted by molar-refractivity contribution is 5.81. The first-order valence-corrected chi connectivity index (χ1v) is 6.49. The zero-order chi connectivity index (χ0) is 14.0. The van der Waals surface area contributed by atoms with Gasteiger partial charge in [-0.05, 0) is 43.2 Å². The third kappa shape index (κ3) is 2.95. The predicted molar refractivity (Wildman–Crippen MR) is 70.3 cm³/mol. The first kappa shape index (κ1) is 13.6. The second kappa shape index (κ2) is 5.03. The van der Waals surface area contributed by atoms with E-state index < -0.39 is 17.4 Å². The molecule has 1 aliphatic carbocycles. The third-order valence-corrected chi connectivity index (χ3v) is 3.91. The Labute approximate surface area is 112 Å². The highest BCUT2D eigenvalue weighted by Crippen LogP contribution is 2.40. The van der Waals surface area contributed by atoms with Crippen LogP contribution in [-0.4, -0.2) is 22.2 Å². The Morgan fingerprint density at radius 3 is 2.21 bits per heavy atom. The number of benzene rings is 1. The van der Waals surface area contributed by atoms with Crippen LogP contribution in [0.15, 0.2) is 24.3 Å². The lowest BCUT2D eigenvalue weighted by Crippen LogP contribution is -2.33. The van der Waals surface area contributed by atoms with E-state index in [0.717, 1.165) is 0 Å². The molecule has 1 fully saturated rings. The van der Waals surface area contributed by atoms with Crippen molar-refractivity contribution in [3.05, 3.63) is 35.4 Å². The van der Waals surface area contributed by atoms with Gasteiger partial charge in [-0.25, -0.2) is 0 Å². The van der Waals surface area contributed by atoms with Gasteiger partial charge >= 0.3 is 11.9 Å². The van der Waals surface area contributed by atoms with Crippen LogP contribution in [-0.2, 0) is 15.0 Å². The summed E-state index contributed by atoms with van der Waals surface area (Å²) in [6.45, 7) is 1.59. The molecule has 2 rings (SSSR count). The Hall–Kier alpha value is -1.84. The summed E-state index contributed by atoms with van der Waals surface area (Å²) in [7, 11) is 0. The molecule has 0 heterocycles. The van der Waals surface area contributed by atoms with E-state index in [1.54, 1.807) is 6.92 Å². The van der Waals surface area contributed by atoms with Crippen LogP contribution in [0.25, 0.3) is 0 Å². The van der Waals surface area contributed by atoms with Crippen molar-refractivity contribution < 1.29 is 19.8 Å². The Morgan fingerprint density at radius 2 is 1.79 bits per heavy atom. The molecule has 0 aromatic heterocycles. The summed E-state index contributed by atoms with van der Waals surface area (Å²) in [5.74, 6) is -1.32. The van der Waals surface area contributed by atoms with Gasteiger partial charge in [-0.15, -0.1) is 0 Å². The Kier molecular flexibility index (Phi) is 3.60. The molecule has 0 aliphatic heterocycles. The highest BCUT2D eigenvalue weighted by atomic mass is 16.4. The number of carboxylic acid groups (broad SMARTS) is 2. The van der Waals surface area contributed by atoms with E-state index in [0.29, 0.717) is 11.5 Å². The molecular formula is C15H18O4. The van der Waals surface area contributed by atoms with Crippen LogP contribution in [0.3, 0.4) is 0 Å². The average Bonchev–Trinajstić information content (AvgIpc) is 3.20. The number of hydrogen-bond donors (Lipinski definition) is 2. The van der Waals surface area contributed by atoms with E-state index in [4.69, 9.17) is 5.11 Å². The highest BCUT2D eigenvalue weighted by Gasteiger charge is 2.35. The van der Waals surface area contributed by atoms with E-state index >= 15 is 0 Å². The second-order valence-electron chi connectivity index (χ2n) is 5.43. The number of carbonyl (C=O) groups is 2. The molecule has 0 bridgehead atoms. The molecule has 1 aliphatic rings. The molecule has 1 unspecified atom stereocenters.